The summed E-state index contributed by atoms with van der Waals surface area (Å²) in [6.07, 6.45) is 1.65. The first-order valence-electron chi connectivity index (χ1n) is 15.3. The number of methoxy groups -OCH3 is 3. The minimum absolute atomic E-state index is 0.0809. The normalized spacial score (nSPS) is 13.8. The third-order valence-corrected chi connectivity index (χ3v) is 8.24. The molecule has 0 bridgehead atoms. The highest BCUT2D eigenvalue weighted by atomic mass is 16.5. The lowest BCUT2D eigenvalue weighted by Gasteiger charge is -2.38. The van der Waals surface area contributed by atoms with Crippen molar-refractivity contribution in [3.63, 3.8) is 0 Å². The van der Waals surface area contributed by atoms with E-state index in [1.807, 2.05) is 55.5 Å². The lowest BCUT2D eigenvalue weighted by Crippen LogP contribution is -2.43. The summed E-state index contributed by atoms with van der Waals surface area (Å²) in [5.74, 6) is 1.22. The third-order valence-electron chi connectivity index (χ3n) is 8.24. The fourth-order valence-electron chi connectivity index (χ4n) is 5.53. The molecule has 3 aromatic rings. The lowest BCUT2D eigenvalue weighted by atomic mass is 9.75. The SMILES string of the molecule is COCC(N=Cc1cc(C)cc(C(C)(C)C)c1O)C(O)(c1cc(C(C)(C)C)ccc1OC)c1cc(C(C)(C)C)ccc1OC. The van der Waals surface area contributed by atoms with Gasteiger partial charge in [-0.15, -0.1) is 0 Å². The van der Waals surface area contributed by atoms with E-state index in [0.717, 1.165) is 22.3 Å². The van der Waals surface area contributed by atoms with Crippen LogP contribution in [0.4, 0.5) is 0 Å². The number of hydrogen-bond donors (Lipinski definition) is 2. The second kappa shape index (κ2) is 12.9. The lowest BCUT2D eigenvalue weighted by molar-refractivity contribution is 0.0162. The van der Waals surface area contributed by atoms with Gasteiger partial charge in [0, 0.05) is 35.6 Å². The van der Waals surface area contributed by atoms with Crippen LogP contribution < -0.4 is 9.47 Å². The number of phenols is 1. The van der Waals surface area contributed by atoms with Crippen molar-refractivity contribution in [2.45, 2.75) is 97.1 Å². The Balaban J connectivity index is 2.45. The van der Waals surface area contributed by atoms with Crippen LogP contribution in [0.15, 0.2) is 53.5 Å². The van der Waals surface area contributed by atoms with E-state index in [9.17, 15) is 10.2 Å². The van der Waals surface area contributed by atoms with Crippen molar-refractivity contribution in [3.8, 4) is 17.2 Å². The zero-order valence-corrected chi connectivity index (χ0v) is 29.0. The molecular formula is C38H53NO5. The molecule has 0 aromatic heterocycles. The maximum Gasteiger partial charge on any atom is 0.146 e. The number of rotatable bonds is 9. The zero-order valence-electron chi connectivity index (χ0n) is 29.0. The van der Waals surface area contributed by atoms with Gasteiger partial charge in [0.15, 0.2) is 0 Å². The van der Waals surface area contributed by atoms with Crippen molar-refractivity contribution in [1.82, 2.24) is 0 Å². The number of hydrogen-bond acceptors (Lipinski definition) is 6. The summed E-state index contributed by atoms with van der Waals surface area (Å²) in [5.41, 5.74) is 3.16. The molecule has 0 spiro atoms. The number of aromatic hydroxyl groups is 1. The number of aliphatic hydroxyl groups is 1. The Morgan fingerprint density at radius 3 is 1.57 bits per heavy atom. The van der Waals surface area contributed by atoms with E-state index in [2.05, 4.69) is 62.3 Å². The summed E-state index contributed by atoms with van der Waals surface area (Å²) in [6, 6.07) is 14.9. The summed E-state index contributed by atoms with van der Waals surface area (Å²) in [4.78, 5) is 5.00. The minimum atomic E-state index is -1.75. The van der Waals surface area contributed by atoms with E-state index in [1.165, 1.54) is 0 Å². The first-order valence-corrected chi connectivity index (χ1v) is 15.3. The molecule has 0 heterocycles. The standard InChI is InChI=1S/C38H53NO5/c1-24-18-25(34(40)30(19-24)37(8,9)10)22-39-33(23-42-11)38(41,28-20-26(35(2,3)4)14-16-31(28)43-12)29-21-27(36(5,6)7)15-17-32(29)44-13/h14-22,33,40-41H,23H2,1-13H3. The topological polar surface area (TPSA) is 80.5 Å². The Morgan fingerprint density at radius 1 is 0.705 bits per heavy atom. The molecule has 6 heteroatoms. The number of benzene rings is 3. The van der Waals surface area contributed by atoms with Crippen LogP contribution in [0.2, 0.25) is 0 Å². The van der Waals surface area contributed by atoms with Crippen LogP contribution in [0.5, 0.6) is 17.2 Å². The van der Waals surface area contributed by atoms with Crippen molar-refractivity contribution in [3.05, 3.63) is 87.5 Å². The smallest absolute Gasteiger partial charge is 0.146 e. The molecule has 1 unspecified atom stereocenters. The van der Waals surface area contributed by atoms with Crippen LogP contribution in [-0.4, -0.2) is 50.4 Å². The molecule has 3 aromatic carbocycles. The van der Waals surface area contributed by atoms with E-state index in [1.54, 1.807) is 27.5 Å². The van der Waals surface area contributed by atoms with Gasteiger partial charge in [-0.2, -0.15) is 0 Å². The van der Waals surface area contributed by atoms with E-state index >= 15 is 0 Å². The van der Waals surface area contributed by atoms with Crippen LogP contribution in [0.1, 0.15) is 101 Å². The minimum Gasteiger partial charge on any atom is -0.507 e. The predicted molar refractivity (Wildman–Crippen MR) is 181 cm³/mol. The zero-order chi connectivity index (χ0) is 33.3. The molecule has 0 aliphatic rings. The predicted octanol–water partition coefficient (Wildman–Crippen LogP) is 7.98. The van der Waals surface area contributed by atoms with Crippen molar-refractivity contribution < 1.29 is 24.4 Å². The van der Waals surface area contributed by atoms with Crippen molar-refractivity contribution in [2.24, 2.45) is 4.99 Å². The summed E-state index contributed by atoms with van der Waals surface area (Å²) in [5, 5.41) is 24.6. The average Bonchev–Trinajstić information content (AvgIpc) is 2.93. The number of ether oxygens (including phenoxy) is 3. The number of aliphatic imine (C=N–C) groups is 1. The fourth-order valence-corrected chi connectivity index (χ4v) is 5.53. The van der Waals surface area contributed by atoms with Crippen molar-refractivity contribution in [2.75, 3.05) is 27.9 Å². The Morgan fingerprint density at radius 2 is 1.18 bits per heavy atom. The van der Waals surface area contributed by atoms with Gasteiger partial charge in [0.25, 0.3) is 0 Å². The molecule has 0 amide bonds. The van der Waals surface area contributed by atoms with Crippen LogP contribution in [0, 0.1) is 6.92 Å². The summed E-state index contributed by atoms with van der Waals surface area (Å²) < 4.78 is 17.5. The van der Waals surface area contributed by atoms with Gasteiger partial charge in [-0.3, -0.25) is 4.99 Å². The average molecular weight is 604 g/mol. The number of nitrogens with zero attached hydrogens (tertiary/aromatic N) is 1. The summed E-state index contributed by atoms with van der Waals surface area (Å²) >= 11 is 0. The highest BCUT2D eigenvalue weighted by Crippen LogP contribution is 2.46. The maximum absolute atomic E-state index is 13.3. The van der Waals surface area contributed by atoms with Crippen LogP contribution in [-0.2, 0) is 26.6 Å². The second-order valence-electron chi connectivity index (χ2n) is 14.8. The van der Waals surface area contributed by atoms with Crippen LogP contribution >= 0.6 is 0 Å². The molecule has 6 nitrogen and oxygen atoms in total. The third kappa shape index (κ3) is 7.30. The fraction of sp³-hybridized carbons (Fsp3) is 0.500. The molecule has 0 saturated carbocycles. The first-order chi connectivity index (χ1) is 20.3. The Kier molecular flexibility index (Phi) is 10.3. The van der Waals surface area contributed by atoms with E-state index in [0.29, 0.717) is 28.2 Å². The molecular weight excluding hydrogens is 550 g/mol. The molecule has 44 heavy (non-hydrogen) atoms. The quantitative estimate of drug-likeness (QED) is 0.243. The van der Waals surface area contributed by atoms with Crippen molar-refractivity contribution >= 4 is 6.21 Å². The van der Waals surface area contributed by atoms with E-state index in [4.69, 9.17) is 19.2 Å². The Hall–Kier alpha value is -3.35. The van der Waals surface area contributed by atoms with Gasteiger partial charge in [0.1, 0.15) is 28.9 Å². The first kappa shape index (κ1) is 35.1. The molecule has 0 aliphatic heterocycles. The molecule has 0 fully saturated rings. The number of phenolic OH excluding ortho intramolecular Hbond substituents is 1. The molecule has 3 rings (SSSR count). The molecule has 1 atom stereocenters. The Bertz CT molecular complexity index is 1420. The van der Waals surface area contributed by atoms with Gasteiger partial charge < -0.3 is 24.4 Å². The second-order valence-corrected chi connectivity index (χ2v) is 14.8. The molecule has 2 N–H and O–H groups in total. The highest BCUT2D eigenvalue weighted by Gasteiger charge is 2.45. The van der Waals surface area contributed by atoms with E-state index in [-0.39, 0.29) is 28.6 Å². The molecule has 0 saturated heterocycles. The molecule has 240 valence electrons. The van der Waals surface area contributed by atoms with Crippen LogP contribution in [0.3, 0.4) is 0 Å². The van der Waals surface area contributed by atoms with Gasteiger partial charge in [0.2, 0.25) is 0 Å². The summed E-state index contributed by atoms with van der Waals surface area (Å²) in [7, 11) is 4.80. The van der Waals surface area contributed by atoms with Gasteiger partial charge in [0.05, 0.1) is 20.8 Å². The maximum atomic E-state index is 13.3. The highest BCUT2D eigenvalue weighted by molar-refractivity contribution is 5.85. The monoisotopic (exact) mass is 603 g/mol. The van der Waals surface area contributed by atoms with Crippen LogP contribution in [0.25, 0.3) is 0 Å². The van der Waals surface area contributed by atoms with Gasteiger partial charge >= 0.3 is 0 Å². The van der Waals surface area contributed by atoms with Gasteiger partial charge in [-0.25, -0.2) is 0 Å². The molecule has 0 aliphatic carbocycles. The van der Waals surface area contributed by atoms with Gasteiger partial charge in [-0.05, 0) is 70.2 Å². The molecule has 0 radical (unpaired) electrons. The van der Waals surface area contributed by atoms with E-state index < -0.39 is 11.6 Å². The Labute approximate surface area is 265 Å². The van der Waals surface area contributed by atoms with Gasteiger partial charge in [-0.1, -0.05) is 80.5 Å². The number of aryl methyl sites for hydroxylation is 1. The van der Waals surface area contributed by atoms with Crippen molar-refractivity contribution in [1.29, 1.82) is 0 Å². The summed E-state index contributed by atoms with van der Waals surface area (Å²) in [6.45, 7) is 21.1. The largest absolute Gasteiger partial charge is 0.507 e.